The maximum absolute atomic E-state index is 12.9. The van der Waals surface area contributed by atoms with Gasteiger partial charge in [0.2, 0.25) is 5.75 Å². The van der Waals surface area contributed by atoms with Crippen molar-refractivity contribution in [2.45, 2.75) is 12.5 Å². The molecule has 1 atom stereocenters. The van der Waals surface area contributed by atoms with Gasteiger partial charge in [-0.05, 0) is 47.9 Å². The molecule has 1 aromatic heterocycles. The van der Waals surface area contributed by atoms with E-state index in [0.717, 1.165) is 5.56 Å². The summed E-state index contributed by atoms with van der Waals surface area (Å²) in [6, 6.07) is 6.70. The van der Waals surface area contributed by atoms with Gasteiger partial charge in [-0.1, -0.05) is 12.1 Å². The van der Waals surface area contributed by atoms with Crippen LogP contribution in [0.4, 0.5) is 0 Å². The number of hydrogen-bond donors (Lipinski definition) is 0. The smallest absolute Gasteiger partial charge is 0.254 e. The zero-order valence-corrected chi connectivity index (χ0v) is 16.5. The Morgan fingerprint density at radius 3 is 2.48 bits per heavy atom. The fourth-order valence-corrected chi connectivity index (χ4v) is 3.20. The Labute approximate surface area is 169 Å². The predicted molar refractivity (Wildman–Crippen MR) is 108 cm³/mol. The van der Waals surface area contributed by atoms with E-state index in [1.54, 1.807) is 42.7 Å². The number of hydrogen-bond acceptors (Lipinski definition) is 6. The molecule has 0 saturated heterocycles. The van der Waals surface area contributed by atoms with Crippen LogP contribution in [0.5, 0.6) is 17.2 Å². The molecule has 0 bridgehead atoms. The summed E-state index contributed by atoms with van der Waals surface area (Å²) in [5.41, 5.74) is 1.48. The second-order valence-corrected chi connectivity index (χ2v) is 6.28. The van der Waals surface area contributed by atoms with Gasteiger partial charge in [0.25, 0.3) is 11.8 Å². The lowest BCUT2D eigenvalue weighted by molar-refractivity contribution is -0.142. The number of pyridine rings is 1. The summed E-state index contributed by atoms with van der Waals surface area (Å²) in [4.78, 5) is 30.6. The standard InChI is InChI=1S/C22H22N2O5/c1-27-18-12-15(13-19(28-2)22(18)29-3)9-10-21(26)24-17(7-4-8-20(24)25)16-6-5-11-23-14-16/h4-6,8-14,17H,7H2,1-3H3/b10-9+. The van der Waals surface area contributed by atoms with Crippen molar-refractivity contribution < 1.29 is 23.8 Å². The largest absolute Gasteiger partial charge is 0.493 e. The normalized spacial score (nSPS) is 16.2. The first-order valence-electron chi connectivity index (χ1n) is 9.00. The highest BCUT2D eigenvalue weighted by Gasteiger charge is 2.30. The van der Waals surface area contributed by atoms with Crippen LogP contribution in [0.15, 0.2) is 54.9 Å². The second-order valence-electron chi connectivity index (χ2n) is 6.28. The van der Waals surface area contributed by atoms with Crippen LogP contribution < -0.4 is 14.2 Å². The quantitative estimate of drug-likeness (QED) is 0.701. The molecule has 2 aromatic rings. The zero-order chi connectivity index (χ0) is 20.8. The van der Waals surface area contributed by atoms with E-state index < -0.39 is 11.9 Å². The van der Waals surface area contributed by atoms with Gasteiger partial charge in [-0.15, -0.1) is 0 Å². The average molecular weight is 394 g/mol. The fraction of sp³-hybridized carbons (Fsp3) is 0.227. The summed E-state index contributed by atoms with van der Waals surface area (Å²) in [7, 11) is 4.56. The molecule has 3 rings (SSSR count). The molecule has 2 heterocycles. The lowest BCUT2D eigenvalue weighted by Crippen LogP contribution is -2.39. The topological polar surface area (TPSA) is 78.0 Å². The maximum atomic E-state index is 12.9. The third kappa shape index (κ3) is 4.29. The lowest BCUT2D eigenvalue weighted by atomic mass is 10.00. The van der Waals surface area contributed by atoms with Crippen LogP contribution in [0.2, 0.25) is 0 Å². The number of carbonyl (C=O) groups excluding carboxylic acids is 2. The predicted octanol–water partition coefficient (Wildman–Crippen LogP) is 3.18. The number of imide groups is 1. The Hall–Kier alpha value is -3.61. The summed E-state index contributed by atoms with van der Waals surface area (Å²) >= 11 is 0. The van der Waals surface area contributed by atoms with Crippen LogP contribution in [0.1, 0.15) is 23.6 Å². The van der Waals surface area contributed by atoms with Gasteiger partial charge in [0.1, 0.15) is 0 Å². The van der Waals surface area contributed by atoms with E-state index in [1.807, 2.05) is 6.07 Å². The summed E-state index contributed by atoms with van der Waals surface area (Å²) in [5.74, 6) is 0.645. The van der Waals surface area contributed by atoms with Gasteiger partial charge in [-0.2, -0.15) is 0 Å². The first-order valence-corrected chi connectivity index (χ1v) is 9.00. The summed E-state index contributed by atoms with van der Waals surface area (Å²) < 4.78 is 16.0. The van der Waals surface area contributed by atoms with Crippen molar-refractivity contribution >= 4 is 17.9 Å². The van der Waals surface area contributed by atoms with Crippen LogP contribution >= 0.6 is 0 Å². The van der Waals surface area contributed by atoms with E-state index in [9.17, 15) is 9.59 Å². The average Bonchev–Trinajstić information content (AvgIpc) is 2.76. The molecule has 0 radical (unpaired) electrons. The van der Waals surface area contributed by atoms with Crippen LogP contribution in [0, 0.1) is 0 Å². The molecule has 29 heavy (non-hydrogen) atoms. The van der Waals surface area contributed by atoms with Crippen LogP contribution in [-0.2, 0) is 9.59 Å². The Balaban J connectivity index is 1.89. The molecule has 150 valence electrons. The second kappa shape index (κ2) is 9.05. The number of aromatic nitrogens is 1. The number of carbonyl (C=O) groups is 2. The highest BCUT2D eigenvalue weighted by Crippen LogP contribution is 2.38. The first kappa shape index (κ1) is 20.1. The van der Waals surface area contributed by atoms with Crippen LogP contribution in [0.3, 0.4) is 0 Å². The summed E-state index contributed by atoms with van der Waals surface area (Å²) in [6.07, 6.45) is 10.0. The van der Waals surface area contributed by atoms with E-state index in [2.05, 4.69) is 4.98 Å². The third-order valence-electron chi connectivity index (χ3n) is 4.58. The van der Waals surface area contributed by atoms with Crippen molar-refractivity contribution in [1.82, 2.24) is 9.88 Å². The first-order chi connectivity index (χ1) is 14.1. The SMILES string of the molecule is COc1cc(/C=C/C(=O)N2C(=O)C=CCC2c2cccnc2)cc(OC)c1OC. The lowest BCUT2D eigenvalue weighted by Gasteiger charge is -2.30. The van der Waals surface area contributed by atoms with Gasteiger partial charge in [0.15, 0.2) is 11.5 Å². The Kier molecular flexibility index (Phi) is 6.29. The van der Waals surface area contributed by atoms with Crippen LogP contribution in [-0.4, -0.2) is 43.0 Å². The van der Waals surface area contributed by atoms with Crippen molar-refractivity contribution in [3.63, 3.8) is 0 Å². The van der Waals surface area contributed by atoms with Crippen molar-refractivity contribution in [1.29, 1.82) is 0 Å². The van der Waals surface area contributed by atoms with E-state index in [0.29, 0.717) is 29.2 Å². The van der Waals surface area contributed by atoms with Gasteiger partial charge in [-0.25, -0.2) is 0 Å². The molecular formula is C22H22N2O5. The minimum Gasteiger partial charge on any atom is -0.493 e. The van der Waals surface area contributed by atoms with Gasteiger partial charge in [0.05, 0.1) is 27.4 Å². The van der Waals surface area contributed by atoms with Crippen molar-refractivity contribution in [3.8, 4) is 17.2 Å². The minimum absolute atomic E-state index is 0.357. The number of amides is 2. The Morgan fingerprint density at radius 1 is 1.17 bits per heavy atom. The van der Waals surface area contributed by atoms with E-state index >= 15 is 0 Å². The van der Waals surface area contributed by atoms with Gasteiger partial charge in [0, 0.05) is 18.5 Å². The summed E-state index contributed by atoms with van der Waals surface area (Å²) in [5, 5.41) is 0. The highest BCUT2D eigenvalue weighted by molar-refractivity contribution is 6.07. The van der Waals surface area contributed by atoms with Crippen molar-refractivity contribution in [2.24, 2.45) is 0 Å². The minimum atomic E-state index is -0.415. The van der Waals surface area contributed by atoms with E-state index in [-0.39, 0.29) is 5.91 Å². The molecule has 2 amide bonds. The number of methoxy groups -OCH3 is 3. The molecule has 1 aliphatic rings. The maximum Gasteiger partial charge on any atom is 0.254 e. The van der Waals surface area contributed by atoms with E-state index in [1.165, 1.54) is 38.4 Å². The molecule has 0 aliphatic carbocycles. The molecule has 0 spiro atoms. The van der Waals surface area contributed by atoms with Gasteiger partial charge in [-0.3, -0.25) is 19.5 Å². The molecule has 0 fully saturated rings. The molecular weight excluding hydrogens is 372 g/mol. The highest BCUT2D eigenvalue weighted by atomic mass is 16.5. The number of rotatable bonds is 6. The molecule has 7 nitrogen and oxygen atoms in total. The molecule has 0 N–H and O–H groups in total. The number of nitrogens with zero attached hydrogens (tertiary/aromatic N) is 2. The molecule has 1 aromatic carbocycles. The molecule has 1 aliphatic heterocycles. The Morgan fingerprint density at radius 2 is 1.90 bits per heavy atom. The molecule has 7 heteroatoms. The van der Waals surface area contributed by atoms with Crippen LogP contribution in [0.25, 0.3) is 6.08 Å². The molecule has 0 saturated carbocycles. The number of ether oxygens (including phenoxy) is 3. The summed E-state index contributed by atoms with van der Waals surface area (Å²) in [6.45, 7) is 0. The van der Waals surface area contributed by atoms with Crippen molar-refractivity contribution in [2.75, 3.05) is 21.3 Å². The molecule has 1 unspecified atom stereocenters. The third-order valence-corrected chi connectivity index (χ3v) is 4.58. The Bertz CT molecular complexity index is 928. The van der Waals surface area contributed by atoms with Gasteiger partial charge >= 0.3 is 0 Å². The monoisotopic (exact) mass is 394 g/mol. The zero-order valence-electron chi connectivity index (χ0n) is 16.5. The van der Waals surface area contributed by atoms with Crippen molar-refractivity contribution in [3.05, 3.63) is 66.0 Å². The number of benzene rings is 1. The fourth-order valence-electron chi connectivity index (χ4n) is 3.20. The van der Waals surface area contributed by atoms with E-state index in [4.69, 9.17) is 14.2 Å². The van der Waals surface area contributed by atoms with Gasteiger partial charge < -0.3 is 14.2 Å².